The molecule has 0 aromatic heterocycles. The van der Waals surface area contributed by atoms with Crippen LogP contribution in [0.2, 0.25) is 0 Å². The summed E-state index contributed by atoms with van der Waals surface area (Å²) in [5.41, 5.74) is 27.6. The summed E-state index contributed by atoms with van der Waals surface area (Å²) in [5, 5.41) is 7.56. The van der Waals surface area contributed by atoms with Crippen LogP contribution >= 0.6 is 0 Å². The van der Waals surface area contributed by atoms with Gasteiger partial charge < -0.3 is 9.80 Å². The predicted octanol–water partition coefficient (Wildman–Crippen LogP) is 24.1. The molecule has 2 heteroatoms. The van der Waals surface area contributed by atoms with Gasteiger partial charge in [-0.1, -0.05) is 308 Å². The Labute approximate surface area is 543 Å². The van der Waals surface area contributed by atoms with Crippen molar-refractivity contribution in [3.05, 3.63) is 358 Å². The molecule has 0 saturated carbocycles. The number of benzene rings is 14. The van der Waals surface area contributed by atoms with Gasteiger partial charge in [0.05, 0.1) is 33.6 Å². The number of aryl methyl sites for hydroxylation is 4. The Morgan fingerprint density at radius 1 is 0.261 bits per heavy atom. The molecule has 2 nitrogen and oxygen atoms in total. The van der Waals surface area contributed by atoms with Crippen LogP contribution in [0.5, 0.6) is 0 Å². The van der Waals surface area contributed by atoms with E-state index in [1.54, 1.807) is 0 Å². The highest BCUT2D eigenvalue weighted by Crippen LogP contribution is 2.60. The number of nitrogens with zero attached hydrogens (tertiary/aromatic N) is 2. The summed E-state index contributed by atoms with van der Waals surface area (Å²) in [6.45, 7) is 9.40. The van der Waals surface area contributed by atoms with Gasteiger partial charge in [0.1, 0.15) is 0 Å². The molecule has 446 valence electrons. The molecule has 0 N–H and O–H groups in total. The number of rotatable bonds is 18. The predicted molar refractivity (Wildman–Crippen MR) is 390 cm³/mol. The zero-order valence-electron chi connectivity index (χ0n) is 53.3. The lowest BCUT2D eigenvalue weighted by molar-refractivity contribution is 0.759. The van der Waals surface area contributed by atoms with Gasteiger partial charge in [-0.15, -0.1) is 0 Å². The summed E-state index contributed by atoms with van der Waals surface area (Å²) in [7, 11) is 0. The standard InChI is InChI=1S/C90H76N2/c1-5-29-63-57-69(89(67-33-13-9-14-34-67)79-45-25-21-41-73(79)74-42-22-26-46-80(74)89)58-64(30-6-2)87(63)91(71-37-17-11-18-38-71)83-55-51-61-50-54-78-84(56-52-62-49-53-77(83)85(61)86(62)78)92(72-39-19-12-20-40-72)88-65(31-7-3)59-70(60-66(88)32-8-4)90(68-35-15-10-16-36-68)81-47-27-23-43-75(81)76-44-24-28-48-82(76)90/h9-28,33-60H,5-8,29-32H2,1-4H3. The number of para-hydroxylation sites is 2. The fourth-order valence-corrected chi connectivity index (χ4v) is 16.9. The average molecular weight is 1190 g/mol. The maximum absolute atomic E-state index is 2.65. The summed E-state index contributed by atoms with van der Waals surface area (Å²) in [6, 6.07) is 112. The Bertz CT molecular complexity index is 4580. The SMILES string of the molecule is CCCc1cc(C2(c3ccccc3)c3ccccc3-c3ccccc32)cc(CCC)c1N(c1ccccc1)c1ccc2ccc3c(N(c4ccccc4)c4c(CCC)cc(C5(c6ccccc6)c6ccccc6-c6ccccc65)cc4CCC)ccc4ccc1c2c43. The molecule has 0 heterocycles. The Hall–Kier alpha value is -10.3. The van der Waals surface area contributed by atoms with Gasteiger partial charge in [-0.3, -0.25) is 0 Å². The van der Waals surface area contributed by atoms with Crippen molar-refractivity contribution in [3.8, 4) is 22.3 Å². The van der Waals surface area contributed by atoms with Crippen LogP contribution in [0.1, 0.15) is 120 Å². The van der Waals surface area contributed by atoms with E-state index in [1.807, 2.05) is 0 Å². The highest BCUT2D eigenvalue weighted by atomic mass is 15.2. The fraction of sp³-hybridized carbons (Fsp3) is 0.156. The van der Waals surface area contributed by atoms with E-state index in [9.17, 15) is 0 Å². The van der Waals surface area contributed by atoms with Gasteiger partial charge in [0, 0.05) is 22.1 Å². The Morgan fingerprint density at radius 2 is 0.533 bits per heavy atom. The van der Waals surface area contributed by atoms with Crippen LogP contribution in [0.15, 0.2) is 291 Å². The van der Waals surface area contributed by atoms with Gasteiger partial charge in [-0.05, 0) is 173 Å². The summed E-state index contributed by atoms with van der Waals surface area (Å²) in [6.07, 6.45) is 7.74. The Balaban J connectivity index is 0.927. The van der Waals surface area contributed by atoms with Crippen LogP contribution in [-0.4, -0.2) is 0 Å². The molecule has 2 aliphatic rings. The molecule has 0 aliphatic heterocycles. The van der Waals surface area contributed by atoms with Gasteiger partial charge >= 0.3 is 0 Å². The van der Waals surface area contributed by atoms with Crippen LogP contribution < -0.4 is 9.80 Å². The second-order valence-corrected chi connectivity index (χ2v) is 25.6. The van der Waals surface area contributed by atoms with Crippen LogP contribution in [0.25, 0.3) is 54.6 Å². The summed E-state index contributed by atoms with van der Waals surface area (Å²) in [4.78, 5) is 5.29. The van der Waals surface area contributed by atoms with E-state index in [4.69, 9.17) is 0 Å². The zero-order chi connectivity index (χ0) is 61.9. The van der Waals surface area contributed by atoms with E-state index >= 15 is 0 Å². The number of hydrogen-bond donors (Lipinski definition) is 0. The molecule has 92 heavy (non-hydrogen) atoms. The molecule has 0 spiro atoms. The summed E-state index contributed by atoms with van der Waals surface area (Å²) in [5.74, 6) is 0. The van der Waals surface area contributed by atoms with Crippen molar-refractivity contribution >= 4 is 66.4 Å². The smallest absolute Gasteiger partial charge is 0.0713 e. The molecule has 0 saturated heterocycles. The second-order valence-electron chi connectivity index (χ2n) is 25.6. The molecule has 0 amide bonds. The quantitative estimate of drug-likeness (QED) is 0.0790. The summed E-state index contributed by atoms with van der Waals surface area (Å²) < 4.78 is 0. The molecular formula is C90H76N2. The molecule has 0 radical (unpaired) electrons. The van der Waals surface area contributed by atoms with Crippen molar-refractivity contribution in [3.63, 3.8) is 0 Å². The minimum Gasteiger partial charge on any atom is -0.309 e. The van der Waals surface area contributed by atoms with Crippen molar-refractivity contribution in [1.82, 2.24) is 0 Å². The lowest BCUT2D eigenvalue weighted by Gasteiger charge is -2.37. The van der Waals surface area contributed by atoms with E-state index in [-0.39, 0.29) is 0 Å². The van der Waals surface area contributed by atoms with Crippen molar-refractivity contribution in [2.24, 2.45) is 0 Å². The van der Waals surface area contributed by atoms with Crippen LogP contribution in [0.4, 0.5) is 34.1 Å². The maximum Gasteiger partial charge on any atom is 0.0713 e. The number of fused-ring (bicyclic) bond motifs is 6. The van der Waals surface area contributed by atoms with Gasteiger partial charge in [0.2, 0.25) is 0 Å². The minimum absolute atomic E-state index is 0.511. The van der Waals surface area contributed by atoms with Crippen LogP contribution in [0, 0.1) is 0 Å². The van der Waals surface area contributed by atoms with Gasteiger partial charge in [-0.25, -0.2) is 0 Å². The normalized spacial score (nSPS) is 13.3. The lowest BCUT2D eigenvalue weighted by Crippen LogP contribution is -2.29. The number of hydrogen-bond acceptors (Lipinski definition) is 2. The van der Waals surface area contributed by atoms with E-state index in [1.165, 1.54) is 144 Å². The minimum atomic E-state index is -0.511. The molecule has 0 unspecified atom stereocenters. The van der Waals surface area contributed by atoms with E-state index in [2.05, 4.69) is 329 Å². The first-order valence-electron chi connectivity index (χ1n) is 33.7. The molecule has 0 atom stereocenters. The van der Waals surface area contributed by atoms with Gasteiger partial charge in [-0.2, -0.15) is 0 Å². The molecule has 14 aromatic carbocycles. The molecule has 0 bridgehead atoms. The van der Waals surface area contributed by atoms with Gasteiger partial charge in [0.15, 0.2) is 0 Å². The van der Waals surface area contributed by atoms with Crippen LogP contribution in [-0.2, 0) is 36.5 Å². The molecule has 16 rings (SSSR count). The Morgan fingerprint density at radius 3 is 0.837 bits per heavy atom. The Kier molecular flexibility index (Phi) is 14.5. The first kappa shape index (κ1) is 56.9. The zero-order valence-corrected chi connectivity index (χ0v) is 53.3. The average Bonchev–Trinajstić information content (AvgIpc) is 1.48. The molecule has 0 fully saturated rings. The van der Waals surface area contributed by atoms with Crippen molar-refractivity contribution in [2.75, 3.05) is 9.80 Å². The first-order chi connectivity index (χ1) is 45.5. The second kappa shape index (κ2) is 23.5. The monoisotopic (exact) mass is 1180 g/mol. The summed E-state index contributed by atoms with van der Waals surface area (Å²) >= 11 is 0. The maximum atomic E-state index is 2.65. The van der Waals surface area contributed by atoms with Crippen LogP contribution in [0.3, 0.4) is 0 Å². The van der Waals surface area contributed by atoms with E-state index < -0.39 is 10.8 Å². The van der Waals surface area contributed by atoms with Gasteiger partial charge in [0.25, 0.3) is 0 Å². The highest BCUT2D eigenvalue weighted by molar-refractivity contribution is 6.28. The number of anilines is 6. The largest absolute Gasteiger partial charge is 0.309 e. The topological polar surface area (TPSA) is 6.48 Å². The lowest BCUT2D eigenvalue weighted by atomic mass is 9.67. The highest BCUT2D eigenvalue weighted by Gasteiger charge is 2.48. The third kappa shape index (κ3) is 8.74. The first-order valence-corrected chi connectivity index (χ1v) is 33.7. The van der Waals surface area contributed by atoms with Crippen molar-refractivity contribution in [2.45, 2.75) is 89.9 Å². The third-order valence-corrected chi connectivity index (χ3v) is 20.4. The molecular weight excluding hydrogens is 1110 g/mol. The third-order valence-electron chi connectivity index (χ3n) is 20.4. The molecule has 14 aromatic rings. The molecule has 2 aliphatic carbocycles. The van der Waals surface area contributed by atoms with Crippen molar-refractivity contribution < 1.29 is 0 Å². The fourth-order valence-electron chi connectivity index (χ4n) is 16.9. The van der Waals surface area contributed by atoms with Crippen molar-refractivity contribution in [1.29, 1.82) is 0 Å². The van der Waals surface area contributed by atoms with E-state index in [0.717, 1.165) is 62.7 Å². The van der Waals surface area contributed by atoms with E-state index in [0.29, 0.717) is 0 Å².